The van der Waals surface area contributed by atoms with E-state index in [4.69, 9.17) is 0 Å². The molecule has 3 nitrogen and oxygen atoms in total. The van der Waals surface area contributed by atoms with Crippen LogP contribution >= 0.6 is 0 Å². The monoisotopic (exact) mass is 361 g/mol. The van der Waals surface area contributed by atoms with E-state index in [9.17, 15) is 14.0 Å². The van der Waals surface area contributed by atoms with Crippen molar-refractivity contribution in [3.05, 3.63) is 101 Å². The SMILES string of the molecule is Cc1ccc(F)cc1NC(=O)[C@H](C)c1cccc(C(=O)c2ccccc2)c1. The first-order chi connectivity index (χ1) is 13.0. The summed E-state index contributed by atoms with van der Waals surface area (Å²) < 4.78 is 13.4. The summed E-state index contributed by atoms with van der Waals surface area (Å²) in [5.41, 5.74) is 3.08. The second-order valence-electron chi connectivity index (χ2n) is 6.49. The highest BCUT2D eigenvalue weighted by Crippen LogP contribution is 2.22. The van der Waals surface area contributed by atoms with Crippen LogP contribution in [0.5, 0.6) is 0 Å². The average molecular weight is 361 g/mol. The van der Waals surface area contributed by atoms with E-state index in [1.54, 1.807) is 50.2 Å². The lowest BCUT2D eigenvalue weighted by atomic mass is 9.95. The molecular formula is C23H20FNO2. The van der Waals surface area contributed by atoms with Crippen LogP contribution in [0.15, 0.2) is 72.8 Å². The van der Waals surface area contributed by atoms with Gasteiger partial charge in [0.15, 0.2) is 5.78 Å². The molecule has 0 saturated carbocycles. The van der Waals surface area contributed by atoms with Gasteiger partial charge in [0.1, 0.15) is 5.82 Å². The normalized spacial score (nSPS) is 11.7. The third kappa shape index (κ3) is 4.29. The Hall–Kier alpha value is -3.27. The fourth-order valence-corrected chi connectivity index (χ4v) is 2.83. The van der Waals surface area contributed by atoms with Gasteiger partial charge in [-0.05, 0) is 43.2 Å². The van der Waals surface area contributed by atoms with Crippen LogP contribution in [0.25, 0.3) is 0 Å². The molecule has 0 aromatic heterocycles. The molecule has 0 spiro atoms. The zero-order valence-electron chi connectivity index (χ0n) is 15.2. The van der Waals surface area contributed by atoms with Gasteiger partial charge in [-0.1, -0.05) is 54.6 Å². The molecule has 4 heteroatoms. The summed E-state index contributed by atoms with van der Waals surface area (Å²) in [6.07, 6.45) is 0. The van der Waals surface area contributed by atoms with E-state index in [0.717, 1.165) is 11.1 Å². The molecule has 0 aliphatic carbocycles. The van der Waals surface area contributed by atoms with Crippen molar-refractivity contribution in [2.24, 2.45) is 0 Å². The van der Waals surface area contributed by atoms with E-state index in [1.807, 2.05) is 24.3 Å². The second kappa shape index (κ2) is 7.96. The van der Waals surface area contributed by atoms with Gasteiger partial charge in [-0.25, -0.2) is 4.39 Å². The Morgan fingerprint density at radius 3 is 2.33 bits per heavy atom. The summed E-state index contributed by atoms with van der Waals surface area (Å²) in [7, 11) is 0. The Labute approximate surface area is 157 Å². The van der Waals surface area contributed by atoms with E-state index < -0.39 is 11.7 Å². The number of anilines is 1. The Morgan fingerprint density at radius 1 is 0.889 bits per heavy atom. The number of benzene rings is 3. The standard InChI is InChI=1S/C23H20FNO2/c1-15-11-12-20(24)14-21(15)25-23(27)16(2)18-9-6-10-19(13-18)22(26)17-7-4-3-5-8-17/h3-14,16H,1-2H3,(H,25,27)/t16-/m1/s1. The highest BCUT2D eigenvalue weighted by molar-refractivity contribution is 6.09. The molecule has 0 bridgehead atoms. The first-order valence-electron chi connectivity index (χ1n) is 8.72. The molecule has 27 heavy (non-hydrogen) atoms. The summed E-state index contributed by atoms with van der Waals surface area (Å²) in [5, 5.41) is 2.77. The first kappa shape index (κ1) is 18.5. The molecule has 0 radical (unpaired) electrons. The van der Waals surface area contributed by atoms with Gasteiger partial charge in [0, 0.05) is 16.8 Å². The lowest BCUT2D eigenvalue weighted by Gasteiger charge is -2.15. The molecule has 0 aliphatic rings. The number of nitrogens with one attached hydrogen (secondary N) is 1. The van der Waals surface area contributed by atoms with Crippen LogP contribution in [0.2, 0.25) is 0 Å². The summed E-state index contributed by atoms with van der Waals surface area (Å²) in [6.45, 7) is 3.56. The number of hydrogen-bond donors (Lipinski definition) is 1. The summed E-state index contributed by atoms with van der Waals surface area (Å²) in [5.74, 6) is -1.24. The van der Waals surface area contributed by atoms with Gasteiger partial charge in [0.05, 0.1) is 5.92 Å². The van der Waals surface area contributed by atoms with E-state index >= 15 is 0 Å². The Kier molecular flexibility index (Phi) is 5.46. The maximum atomic E-state index is 13.4. The van der Waals surface area contributed by atoms with E-state index in [1.165, 1.54) is 12.1 Å². The lowest BCUT2D eigenvalue weighted by Crippen LogP contribution is -2.19. The van der Waals surface area contributed by atoms with Crippen LogP contribution in [-0.4, -0.2) is 11.7 Å². The maximum Gasteiger partial charge on any atom is 0.231 e. The number of hydrogen-bond acceptors (Lipinski definition) is 2. The van der Waals surface area contributed by atoms with Crippen molar-refractivity contribution in [1.82, 2.24) is 0 Å². The van der Waals surface area contributed by atoms with Crippen LogP contribution in [0.1, 0.15) is 39.9 Å². The number of halogens is 1. The van der Waals surface area contributed by atoms with Crippen LogP contribution in [0.3, 0.4) is 0 Å². The van der Waals surface area contributed by atoms with Crippen molar-refractivity contribution < 1.29 is 14.0 Å². The molecular weight excluding hydrogens is 341 g/mol. The number of amides is 1. The van der Waals surface area contributed by atoms with E-state index in [0.29, 0.717) is 16.8 Å². The number of rotatable bonds is 5. The minimum atomic E-state index is -0.490. The predicted molar refractivity (Wildman–Crippen MR) is 104 cm³/mol. The molecule has 0 heterocycles. The molecule has 3 aromatic rings. The van der Waals surface area contributed by atoms with Crippen molar-refractivity contribution in [2.75, 3.05) is 5.32 Å². The van der Waals surface area contributed by atoms with Gasteiger partial charge < -0.3 is 5.32 Å². The molecule has 136 valence electrons. The molecule has 3 aromatic carbocycles. The molecule has 1 atom stereocenters. The van der Waals surface area contributed by atoms with Crippen molar-refractivity contribution >= 4 is 17.4 Å². The average Bonchev–Trinajstić information content (AvgIpc) is 2.70. The van der Waals surface area contributed by atoms with Crippen molar-refractivity contribution in [3.63, 3.8) is 0 Å². The summed E-state index contributed by atoms with van der Waals surface area (Å²) >= 11 is 0. The van der Waals surface area contributed by atoms with Gasteiger partial charge in [-0.2, -0.15) is 0 Å². The lowest BCUT2D eigenvalue weighted by molar-refractivity contribution is -0.117. The Balaban J connectivity index is 1.80. The number of carbonyl (C=O) groups is 2. The minimum Gasteiger partial charge on any atom is -0.325 e. The largest absolute Gasteiger partial charge is 0.325 e. The highest BCUT2D eigenvalue weighted by atomic mass is 19.1. The molecule has 1 amide bonds. The van der Waals surface area contributed by atoms with Gasteiger partial charge in [0.25, 0.3) is 0 Å². The van der Waals surface area contributed by atoms with E-state index in [-0.39, 0.29) is 11.7 Å². The Morgan fingerprint density at radius 2 is 1.59 bits per heavy atom. The minimum absolute atomic E-state index is 0.0916. The van der Waals surface area contributed by atoms with Gasteiger partial charge in [-0.15, -0.1) is 0 Å². The number of ketones is 1. The number of carbonyl (C=O) groups excluding carboxylic acids is 2. The van der Waals surface area contributed by atoms with Crippen LogP contribution < -0.4 is 5.32 Å². The molecule has 3 rings (SSSR count). The third-order valence-electron chi connectivity index (χ3n) is 4.54. The second-order valence-corrected chi connectivity index (χ2v) is 6.49. The topological polar surface area (TPSA) is 46.2 Å². The summed E-state index contributed by atoms with van der Waals surface area (Å²) in [6, 6.07) is 20.3. The Bertz CT molecular complexity index is 983. The van der Waals surface area contributed by atoms with Crippen molar-refractivity contribution in [2.45, 2.75) is 19.8 Å². The molecule has 0 fully saturated rings. The zero-order valence-corrected chi connectivity index (χ0v) is 15.2. The van der Waals surface area contributed by atoms with E-state index in [2.05, 4.69) is 5.32 Å². The van der Waals surface area contributed by atoms with Gasteiger partial charge >= 0.3 is 0 Å². The number of aryl methyl sites for hydroxylation is 1. The molecule has 0 aliphatic heterocycles. The quantitative estimate of drug-likeness (QED) is 0.642. The molecule has 0 saturated heterocycles. The van der Waals surface area contributed by atoms with Gasteiger partial charge in [0.2, 0.25) is 5.91 Å². The van der Waals surface area contributed by atoms with Gasteiger partial charge in [-0.3, -0.25) is 9.59 Å². The fraction of sp³-hybridized carbons (Fsp3) is 0.130. The highest BCUT2D eigenvalue weighted by Gasteiger charge is 2.18. The van der Waals surface area contributed by atoms with Crippen molar-refractivity contribution in [1.29, 1.82) is 0 Å². The zero-order chi connectivity index (χ0) is 19.4. The van der Waals surface area contributed by atoms with Crippen molar-refractivity contribution in [3.8, 4) is 0 Å². The maximum absolute atomic E-state index is 13.4. The molecule has 0 unspecified atom stereocenters. The fourth-order valence-electron chi connectivity index (χ4n) is 2.83. The predicted octanol–water partition coefficient (Wildman–Crippen LogP) is 5.11. The molecule has 1 N–H and O–H groups in total. The van der Waals surface area contributed by atoms with Crippen LogP contribution in [0, 0.1) is 12.7 Å². The van der Waals surface area contributed by atoms with Crippen LogP contribution in [-0.2, 0) is 4.79 Å². The third-order valence-corrected chi connectivity index (χ3v) is 4.54. The van der Waals surface area contributed by atoms with Crippen LogP contribution in [0.4, 0.5) is 10.1 Å². The smallest absolute Gasteiger partial charge is 0.231 e. The first-order valence-corrected chi connectivity index (χ1v) is 8.72. The summed E-state index contributed by atoms with van der Waals surface area (Å²) in [4.78, 5) is 25.2.